The molecule has 1 atom stereocenters. The Bertz CT molecular complexity index is 898. The Labute approximate surface area is 181 Å². The minimum absolute atomic E-state index is 0.153. The number of hydrogen-bond acceptors (Lipinski definition) is 4. The van der Waals surface area contributed by atoms with Gasteiger partial charge in [0.2, 0.25) is 10.0 Å². The van der Waals surface area contributed by atoms with Gasteiger partial charge in [0.1, 0.15) is 0 Å². The van der Waals surface area contributed by atoms with E-state index in [0.717, 1.165) is 42.4 Å². The molecular formula is C24H33NO4S. The Morgan fingerprint density at radius 3 is 2.50 bits per heavy atom. The first-order valence-corrected chi connectivity index (χ1v) is 12.0. The molecule has 0 amide bonds. The molecule has 164 valence electrons. The van der Waals surface area contributed by atoms with E-state index in [1.54, 1.807) is 37.3 Å². The van der Waals surface area contributed by atoms with Gasteiger partial charge in [-0.15, -0.1) is 0 Å². The number of rotatable bonds is 11. The highest BCUT2D eigenvalue weighted by Crippen LogP contribution is 2.31. The normalized spacial score (nSPS) is 16.2. The van der Waals surface area contributed by atoms with Gasteiger partial charge in [-0.25, -0.2) is 8.42 Å². The van der Waals surface area contributed by atoms with Crippen molar-refractivity contribution in [2.75, 3.05) is 19.7 Å². The number of allylic oxidation sites excluding steroid dienone is 1. The van der Waals surface area contributed by atoms with Crippen LogP contribution in [0.15, 0.2) is 65.1 Å². The minimum Gasteiger partial charge on any atom is -0.465 e. The first kappa shape index (κ1) is 24.1. The lowest BCUT2D eigenvalue weighted by atomic mass is 9.95. The summed E-state index contributed by atoms with van der Waals surface area (Å²) >= 11 is 0. The van der Waals surface area contributed by atoms with Gasteiger partial charge in [-0.1, -0.05) is 62.3 Å². The lowest BCUT2D eigenvalue weighted by Crippen LogP contribution is -2.31. The molecule has 30 heavy (non-hydrogen) atoms. The summed E-state index contributed by atoms with van der Waals surface area (Å²) in [4.78, 5) is 12.9. The van der Waals surface area contributed by atoms with Gasteiger partial charge in [-0.05, 0) is 50.0 Å². The van der Waals surface area contributed by atoms with Gasteiger partial charge in [-0.2, -0.15) is 4.31 Å². The Balaban J connectivity index is 2.28. The van der Waals surface area contributed by atoms with E-state index >= 15 is 0 Å². The Morgan fingerprint density at radius 1 is 1.20 bits per heavy atom. The lowest BCUT2D eigenvalue weighted by molar-refractivity contribution is -0.145. The van der Waals surface area contributed by atoms with Gasteiger partial charge < -0.3 is 4.74 Å². The van der Waals surface area contributed by atoms with Crippen LogP contribution in [0.3, 0.4) is 0 Å². The predicted molar refractivity (Wildman–Crippen MR) is 121 cm³/mol. The molecule has 1 heterocycles. The topological polar surface area (TPSA) is 63.7 Å². The zero-order chi connectivity index (χ0) is 22.1. The second-order valence-corrected chi connectivity index (χ2v) is 9.43. The number of ether oxygens (including phenoxy) is 1. The molecule has 0 aliphatic carbocycles. The van der Waals surface area contributed by atoms with Crippen LogP contribution in [0.5, 0.6) is 0 Å². The summed E-state index contributed by atoms with van der Waals surface area (Å²) in [6, 6.07) is 6.80. The van der Waals surface area contributed by atoms with Crippen LogP contribution < -0.4 is 0 Å². The van der Waals surface area contributed by atoms with Gasteiger partial charge >= 0.3 is 5.97 Å². The Hall–Kier alpha value is -2.18. The molecule has 1 unspecified atom stereocenters. The molecule has 0 fully saturated rings. The van der Waals surface area contributed by atoms with Crippen LogP contribution in [-0.2, 0) is 19.6 Å². The third-order valence-electron chi connectivity index (χ3n) is 5.23. The molecular weight excluding hydrogens is 398 g/mol. The van der Waals surface area contributed by atoms with Crippen molar-refractivity contribution in [1.82, 2.24) is 4.31 Å². The summed E-state index contributed by atoms with van der Waals surface area (Å²) in [5.41, 5.74) is 2.50. The van der Waals surface area contributed by atoms with E-state index < -0.39 is 15.9 Å². The molecule has 0 radical (unpaired) electrons. The average molecular weight is 432 g/mol. The maximum absolute atomic E-state index is 13.1. The fourth-order valence-corrected chi connectivity index (χ4v) is 4.87. The number of carbonyl (C=O) groups is 1. The average Bonchev–Trinajstić information content (AvgIpc) is 3.16. The number of esters is 1. The van der Waals surface area contributed by atoms with E-state index in [2.05, 4.69) is 13.5 Å². The van der Waals surface area contributed by atoms with Crippen molar-refractivity contribution < 1.29 is 17.9 Å². The van der Waals surface area contributed by atoms with Gasteiger partial charge in [-0.3, -0.25) is 4.79 Å². The van der Waals surface area contributed by atoms with E-state index in [1.807, 2.05) is 19.1 Å². The molecule has 1 aromatic carbocycles. The maximum atomic E-state index is 13.1. The smallest absolute Gasteiger partial charge is 0.317 e. The van der Waals surface area contributed by atoms with E-state index in [4.69, 9.17) is 4.74 Å². The summed E-state index contributed by atoms with van der Waals surface area (Å²) in [7, 11) is -3.67. The number of aryl methyl sites for hydroxylation is 1. The van der Waals surface area contributed by atoms with Gasteiger partial charge in [0, 0.05) is 13.1 Å². The van der Waals surface area contributed by atoms with E-state index in [9.17, 15) is 13.2 Å². The highest BCUT2D eigenvalue weighted by atomic mass is 32.2. The molecule has 6 heteroatoms. The summed E-state index contributed by atoms with van der Waals surface area (Å²) in [5, 5.41) is 0. The van der Waals surface area contributed by atoms with Crippen molar-refractivity contribution in [2.24, 2.45) is 5.92 Å². The van der Waals surface area contributed by atoms with Crippen LogP contribution in [0.25, 0.3) is 0 Å². The molecule has 5 nitrogen and oxygen atoms in total. The number of sulfonamides is 1. The molecule has 0 N–H and O–H groups in total. The molecule has 1 aliphatic heterocycles. The fraction of sp³-hybridized carbons (Fsp3) is 0.458. The molecule has 0 spiro atoms. The van der Waals surface area contributed by atoms with Crippen molar-refractivity contribution in [3.05, 3.63) is 65.8 Å². The first-order valence-electron chi connectivity index (χ1n) is 10.6. The highest BCUT2D eigenvalue weighted by Gasteiger charge is 2.36. The minimum atomic E-state index is -3.67. The molecule has 1 aliphatic rings. The van der Waals surface area contributed by atoms with E-state index in [-0.39, 0.29) is 30.6 Å². The van der Waals surface area contributed by atoms with E-state index in [1.165, 1.54) is 4.31 Å². The van der Waals surface area contributed by atoms with Crippen molar-refractivity contribution in [1.29, 1.82) is 0 Å². The monoisotopic (exact) mass is 431 g/mol. The maximum Gasteiger partial charge on any atom is 0.317 e. The van der Waals surface area contributed by atoms with Crippen LogP contribution in [0.4, 0.5) is 0 Å². The third kappa shape index (κ3) is 5.92. The summed E-state index contributed by atoms with van der Waals surface area (Å²) in [5.74, 6) is -0.953. The predicted octanol–water partition coefficient (Wildman–Crippen LogP) is 4.80. The summed E-state index contributed by atoms with van der Waals surface area (Å²) < 4.78 is 33.0. The summed E-state index contributed by atoms with van der Waals surface area (Å²) in [6.07, 6.45) is 9.72. The van der Waals surface area contributed by atoms with Crippen molar-refractivity contribution in [3.8, 4) is 0 Å². The van der Waals surface area contributed by atoms with Gasteiger partial charge in [0.15, 0.2) is 0 Å². The molecule has 0 saturated heterocycles. The zero-order valence-corrected chi connectivity index (χ0v) is 19.1. The second kappa shape index (κ2) is 11.3. The lowest BCUT2D eigenvalue weighted by Gasteiger charge is -2.18. The third-order valence-corrected chi connectivity index (χ3v) is 7.04. The zero-order valence-electron chi connectivity index (χ0n) is 18.3. The second-order valence-electron chi connectivity index (χ2n) is 7.49. The molecule has 0 saturated carbocycles. The SMILES string of the molecule is C=CC1=C(C(C=CCCCCC)C(=O)OCC)CN(S(=O)(=O)c2ccc(C)cc2)C1. The first-order chi connectivity index (χ1) is 14.3. The number of unbranched alkanes of at least 4 members (excludes halogenated alkanes) is 3. The molecule has 0 bridgehead atoms. The number of hydrogen-bond donors (Lipinski definition) is 0. The van der Waals surface area contributed by atoms with Crippen LogP contribution in [0.2, 0.25) is 0 Å². The molecule has 0 aromatic heterocycles. The van der Waals surface area contributed by atoms with Crippen LogP contribution in [-0.4, -0.2) is 38.4 Å². The fourth-order valence-electron chi connectivity index (χ4n) is 3.48. The molecule has 2 rings (SSSR count). The number of carbonyl (C=O) groups excluding carboxylic acids is 1. The van der Waals surface area contributed by atoms with Crippen LogP contribution >= 0.6 is 0 Å². The van der Waals surface area contributed by atoms with E-state index in [0.29, 0.717) is 0 Å². The van der Waals surface area contributed by atoms with Crippen LogP contribution in [0, 0.1) is 12.8 Å². The quantitative estimate of drug-likeness (QED) is 0.287. The van der Waals surface area contributed by atoms with Crippen LogP contribution in [0.1, 0.15) is 45.1 Å². The number of nitrogens with zero attached hydrogens (tertiary/aromatic N) is 1. The number of benzene rings is 1. The molecule has 1 aromatic rings. The van der Waals surface area contributed by atoms with Crippen molar-refractivity contribution in [3.63, 3.8) is 0 Å². The standard InChI is InChI=1S/C24H33NO4S/c1-5-8-9-10-11-12-22(24(26)29-7-3)23-18-25(17-20(23)6-2)30(27,28)21-15-13-19(4)14-16-21/h6,11-16,22H,2,5,7-10,17-18H2,1,3-4H3. The Morgan fingerprint density at radius 2 is 1.90 bits per heavy atom. The van der Waals surface area contributed by atoms with Crippen molar-refractivity contribution in [2.45, 2.75) is 51.3 Å². The van der Waals surface area contributed by atoms with Gasteiger partial charge in [0.05, 0.1) is 17.4 Å². The van der Waals surface area contributed by atoms with Crippen molar-refractivity contribution >= 4 is 16.0 Å². The van der Waals surface area contributed by atoms with Gasteiger partial charge in [0.25, 0.3) is 0 Å². The largest absolute Gasteiger partial charge is 0.465 e. The summed E-state index contributed by atoms with van der Waals surface area (Å²) in [6.45, 7) is 10.3. The highest BCUT2D eigenvalue weighted by molar-refractivity contribution is 7.89. The Kier molecular flexibility index (Phi) is 9.06.